The first kappa shape index (κ1) is 42.6. The number of aromatic amines is 2. The van der Waals surface area contributed by atoms with Gasteiger partial charge in [-0.2, -0.15) is 41.5 Å². The number of hydrogen-bond acceptors (Lipinski definition) is 8. The van der Waals surface area contributed by atoms with Gasteiger partial charge in [0.05, 0.1) is 47.7 Å². The summed E-state index contributed by atoms with van der Waals surface area (Å²) in [5, 5.41) is 8.47. The van der Waals surface area contributed by atoms with Crippen molar-refractivity contribution in [1.29, 1.82) is 0 Å². The number of alkyl halides is 6. The van der Waals surface area contributed by atoms with E-state index in [4.69, 9.17) is 11.6 Å². The molecule has 0 aliphatic rings. The second-order valence-corrected chi connectivity index (χ2v) is 14.3. The molecule has 0 atom stereocenters. The van der Waals surface area contributed by atoms with Crippen LogP contribution in [0.2, 0.25) is 5.28 Å². The molecule has 0 saturated carbocycles. The lowest BCUT2D eigenvalue weighted by Gasteiger charge is -2.08. The second kappa shape index (κ2) is 17.2. The molecule has 0 radical (unpaired) electrons. The molecular weight excluding hydrogens is 830 g/mol. The Morgan fingerprint density at radius 1 is 0.639 bits per heavy atom. The highest BCUT2D eigenvalue weighted by Crippen LogP contribution is 2.31. The summed E-state index contributed by atoms with van der Waals surface area (Å²) in [5.41, 5.74) is 1.31. The van der Waals surface area contributed by atoms with Crippen molar-refractivity contribution in [2.75, 3.05) is 0 Å². The topological polar surface area (TPSA) is 163 Å². The van der Waals surface area contributed by atoms with Crippen molar-refractivity contribution in [3.05, 3.63) is 127 Å². The van der Waals surface area contributed by atoms with Gasteiger partial charge in [-0.1, -0.05) is 45.0 Å². The number of aryl methyl sites for hydroxylation is 1. The summed E-state index contributed by atoms with van der Waals surface area (Å²) in [6.45, 7) is 7.18. The second-order valence-electron chi connectivity index (χ2n) is 14.0. The maximum atomic E-state index is 12.9. The number of hydrogen-bond donors (Lipinski definition) is 2. The van der Waals surface area contributed by atoms with Crippen molar-refractivity contribution in [2.24, 2.45) is 0 Å². The predicted molar refractivity (Wildman–Crippen MR) is 215 cm³/mol. The average Bonchev–Trinajstić information content (AvgIpc) is 4.04. The third kappa shape index (κ3) is 9.28. The van der Waals surface area contributed by atoms with E-state index in [2.05, 4.69) is 40.1 Å². The summed E-state index contributed by atoms with van der Waals surface area (Å²) >= 11 is 6.08. The van der Waals surface area contributed by atoms with Crippen LogP contribution in [0.5, 0.6) is 0 Å². The van der Waals surface area contributed by atoms with E-state index in [1.165, 1.54) is 32.3 Å². The SMILES string of the molecule is CCCn1c(CC)nc2nc(-c3cnn(Cc4cccc(C(F)(F)F)c4)c3)[nH]c2c1=O.CCCn1c(Cl)nc2nc(-c3cnn(Cc4cccc(C(F)(F)F)c4)c3)[nH]c2c1=O. The van der Waals surface area contributed by atoms with Crippen molar-refractivity contribution in [3.63, 3.8) is 0 Å². The van der Waals surface area contributed by atoms with Gasteiger partial charge in [-0.05, 0) is 59.8 Å². The molecule has 8 rings (SSSR count). The lowest BCUT2D eigenvalue weighted by molar-refractivity contribution is -0.138. The number of rotatable bonds is 11. The van der Waals surface area contributed by atoms with E-state index >= 15 is 0 Å². The molecule has 0 fully saturated rings. The van der Waals surface area contributed by atoms with E-state index < -0.39 is 23.5 Å². The van der Waals surface area contributed by atoms with Crippen LogP contribution in [-0.4, -0.2) is 58.6 Å². The lowest BCUT2D eigenvalue weighted by atomic mass is 10.1. The van der Waals surface area contributed by atoms with E-state index in [0.717, 1.165) is 37.1 Å². The van der Waals surface area contributed by atoms with Crippen LogP contribution in [0, 0.1) is 0 Å². The normalized spacial score (nSPS) is 12.0. The van der Waals surface area contributed by atoms with Gasteiger partial charge in [-0.15, -0.1) is 0 Å². The van der Waals surface area contributed by atoms with Gasteiger partial charge in [0.25, 0.3) is 11.1 Å². The van der Waals surface area contributed by atoms with Crippen molar-refractivity contribution >= 4 is 33.9 Å². The molecule has 6 aromatic heterocycles. The Hall–Kier alpha value is -6.57. The van der Waals surface area contributed by atoms with Gasteiger partial charge in [0.15, 0.2) is 22.3 Å². The molecule has 2 N–H and O–H groups in total. The van der Waals surface area contributed by atoms with Crippen molar-refractivity contribution in [2.45, 2.75) is 78.6 Å². The number of benzene rings is 2. The largest absolute Gasteiger partial charge is 0.416 e. The van der Waals surface area contributed by atoms with Crippen LogP contribution in [0.1, 0.15) is 61.7 Å². The number of halogens is 7. The molecule has 0 saturated heterocycles. The molecule has 0 aliphatic heterocycles. The fourth-order valence-electron chi connectivity index (χ4n) is 6.62. The van der Waals surface area contributed by atoms with Gasteiger partial charge in [-0.3, -0.25) is 28.1 Å². The summed E-state index contributed by atoms with van der Waals surface area (Å²) < 4.78 is 83.5. The van der Waals surface area contributed by atoms with Crippen LogP contribution in [0.4, 0.5) is 26.3 Å². The highest BCUT2D eigenvalue weighted by atomic mass is 35.5. The number of nitrogens with one attached hydrogen (secondary N) is 2. The number of nitrogens with zero attached hydrogens (tertiary/aromatic N) is 10. The minimum Gasteiger partial charge on any atom is -0.332 e. The minimum atomic E-state index is -4.40. The van der Waals surface area contributed by atoms with Crippen LogP contribution in [0.3, 0.4) is 0 Å². The first-order valence-electron chi connectivity index (χ1n) is 19.1. The van der Waals surface area contributed by atoms with E-state index in [-0.39, 0.29) is 40.7 Å². The number of imidazole rings is 2. The molecule has 0 spiro atoms. The predicted octanol–water partition coefficient (Wildman–Crippen LogP) is 8.14. The minimum absolute atomic E-state index is 0.0626. The number of fused-ring (bicyclic) bond motifs is 2. The summed E-state index contributed by atoms with van der Waals surface area (Å²) in [4.78, 5) is 48.8. The Balaban J connectivity index is 0.000000184. The Morgan fingerprint density at radius 2 is 1.10 bits per heavy atom. The van der Waals surface area contributed by atoms with E-state index in [1.54, 1.807) is 35.3 Å². The van der Waals surface area contributed by atoms with E-state index in [9.17, 15) is 35.9 Å². The van der Waals surface area contributed by atoms with Gasteiger partial charge in [-0.25, -0.2) is 15.0 Å². The third-order valence-corrected chi connectivity index (χ3v) is 9.77. The van der Waals surface area contributed by atoms with Crippen molar-refractivity contribution < 1.29 is 26.3 Å². The molecule has 318 valence electrons. The fraction of sp³-hybridized carbons (Fsp3) is 0.300. The fourth-order valence-corrected chi connectivity index (χ4v) is 6.86. The summed E-state index contributed by atoms with van der Waals surface area (Å²) in [7, 11) is 0. The quantitative estimate of drug-likeness (QED) is 0.0973. The zero-order valence-corrected chi connectivity index (χ0v) is 33.6. The highest BCUT2D eigenvalue weighted by molar-refractivity contribution is 6.28. The molecule has 6 heterocycles. The zero-order chi connectivity index (χ0) is 43.6. The Morgan fingerprint density at radius 3 is 1.56 bits per heavy atom. The maximum absolute atomic E-state index is 12.9. The van der Waals surface area contributed by atoms with Crippen LogP contribution in [0.15, 0.2) is 82.9 Å². The number of H-pyrrole nitrogens is 2. The average molecular weight is 867 g/mol. The molecule has 8 aromatic rings. The highest BCUT2D eigenvalue weighted by Gasteiger charge is 2.31. The smallest absolute Gasteiger partial charge is 0.332 e. The van der Waals surface area contributed by atoms with Crippen LogP contribution in [-0.2, 0) is 45.0 Å². The van der Waals surface area contributed by atoms with Crippen LogP contribution < -0.4 is 11.1 Å². The van der Waals surface area contributed by atoms with Gasteiger partial charge in [0.1, 0.15) is 17.5 Å². The summed E-state index contributed by atoms with van der Waals surface area (Å²) in [6, 6.07) is 10.2. The summed E-state index contributed by atoms with van der Waals surface area (Å²) in [5.74, 6) is 1.49. The number of aromatic nitrogens is 12. The third-order valence-electron chi connectivity index (χ3n) is 9.48. The standard InChI is InChI=1S/C21H21F3N6O.C19H16ClF3N6O/c1-3-8-30-16(4-2)26-19-17(20(30)31)27-18(28-19)14-10-25-29(12-14)11-13-6-5-7-15(9-13)21(22,23)24;1-2-6-29-17(30)14-16(27-18(29)20)26-15(25-14)12-8-24-28(10-12)9-11-4-3-5-13(7-11)19(21,22)23/h5-7,9-10,12H,3-4,8,11H2,1-2H3,(H,27,28);3-5,7-8,10H,2,6,9H2,1H3,(H,25,26). The molecule has 0 amide bonds. The first-order chi connectivity index (χ1) is 29.1. The molecule has 0 unspecified atom stereocenters. The molecule has 14 nitrogen and oxygen atoms in total. The van der Waals surface area contributed by atoms with Crippen LogP contribution >= 0.6 is 11.6 Å². The van der Waals surface area contributed by atoms with E-state index in [0.29, 0.717) is 70.4 Å². The maximum Gasteiger partial charge on any atom is 0.416 e. The molecule has 61 heavy (non-hydrogen) atoms. The van der Waals surface area contributed by atoms with Gasteiger partial charge >= 0.3 is 12.4 Å². The van der Waals surface area contributed by atoms with Gasteiger partial charge < -0.3 is 9.97 Å². The molecular formula is C40H37ClF6N12O2. The van der Waals surface area contributed by atoms with Crippen molar-refractivity contribution in [1.82, 2.24) is 58.6 Å². The zero-order valence-electron chi connectivity index (χ0n) is 32.8. The van der Waals surface area contributed by atoms with Gasteiger partial charge in [0.2, 0.25) is 5.28 Å². The molecule has 2 aromatic carbocycles. The Labute approximate surface area is 346 Å². The molecule has 0 bridgehead atoms. The Bertz CT molecular complexity index is 2960. The Kier molecular flexibility index (Phi) is 12.0. The van der Waals surface area contributed by atoms with Crippen molar-refractivity contribution in [3.8, 4) is 22.8 Å². The molecule has 21 heteroatoms. The van der Waals surface area contributed by atoms with E-state index in [1.807, 2.05) is 20.8 Å². The first-order valence-corrected chi connectivity index (χ1v) is 19.5. The lowest BCUT2D eigenvalue weighted by Crippen LogP contribution is -2.25. The van der Waals surface area contributed by atoms with Gasteiger partial charge in [0, 0.05) is 31.9 Å². The monoisotopic (exact) mass is 866 g/mol. The summed E-state index contributed by atoms with van der Waals surface area (Å²) in [6.07, 6.45) is -0.295. The molecule has 0 aliphatic carbocycles. The van der Waals surface area contributed by atoms with Crippen LogP contribution in [0.25, 0.3) is 45.1 Å².